The van der Waals surface area contributed by atoms with Crippen LogP contribution in [0.2, 0.25) is 0 Å². The third-order valence-electron chi connectivity index (χ3n) is 3.73. The van der Waals surface area contributed by atoms with E-state index in [2.05, 4.69) is 29.2 Å². The zero-order valence-corrected chi connectivity index (χ0v) is 16.6. The molecule has 0 bridgehead atoms. The molecule has 0 atom stereocenters. The maximum absolute atomic E-state index is 12.4. The van der Waals surface area contributed by atoms with E-state index in [1.807, 2.05) is 0 Å². The molecule has 1 N–H and O–H groups in total. The summed E-state index contributed by atoms with van der Waals surface area (Å²) in [6, 6.07) is 7.85. The highest BCUT2D eigenvalue weighted by Gasteiger charge is 2.15. The molecule has 0 saturated heterocycles. The summed E-state index contributed by atoms with van der Waals surface area (Å²) in [4.78, 5) is 40.8. The molecule has 2 aromatic heterocycles. The van der Waals surface area contributed by atoms with Crippen molar-refractivity contribution in [3.8, 4) is 0 Å². The average Bonchev–Trinajstić information content (AvgIpc) is 3.02. The maximum Gasteiger partial charge on any atom is 0.340 e. The number of carbonyl (C=O) groups excluding carboxylic acids is 2. The van der Waals surface area contributed by atoms with Gasteiger partial charge in [-0.25, -0.2) is 9.78 Å². The number of esters is 1. The topological polar surface area (TPSA) is 103 Å². The van der Waals surface area contributed by atoms with Crippen molar-refractivity contribution in [1.29, 1.82) is 0 Å². The van der Waals surface area contributed by atoms with Crippen LogP contribution < -0.4 is 10.9 Å². The van der Waals surface area contributed by atoms with Gasteiger partial charge in [0, 0.05) is 19.4 Å². The van der Waals surface area contributed by atoms with E-state index in [0.717, 1.165) is 11.4 Å². The number of carbonyl (C=O) groups is 2. The second-order valence-electron chi connectivity index (χ2n) is 6.68. The van der Waals surface area contributed by atoms with Gasteiger partial charge < -0.3 is 10.1 Å². The molecule has 1 aromatic carbocycles. The minimum Gasteiger partial charge on any atom is -0.456 e. The van der Waals surface area contributed by atoms with Gasteiger partial charge in [0.1, 0.15) is 11.6 Å². The highest BCUT2D eigenvalue weighted by atomic mass is 32.1. The van der Waals surface area contributed by atoms with E-state index in [-0.39, 0.29) is 23.6 Å². The van der Waals surface area contributed by atoms with Gasteiger partial charge in [-0.15, -0.1) is 0 Å². The smallest absolute Gasteiger partial charge is 0.340 e. The molecular weight excluding hydrogens is 380 g/mol. The lowest BCUT2D eigenvalue weighted by atomic mass is 10.1. The van der Waals surface area contributed by atoms with Crippen LogP contribution in [-0.2, 0) is 22.6 Å². The molecule has 0 spiro atoms. The summed E-state index contributed by atoms with van der Waals surface area (Å²) in [5, 5.41) is 7.71. The third kappa shape index (κ3) is 4.61. The van der Waals surface area contributed by atoms with Crippen molar-refractivity contribution in [1.82, 2.24) is 14.6 Å². The van der Waals surface area contributed by atoms with Gasteiger partial charge in [-0.3, -0.25) is 9.59 Å². The lowest BCUT2D eigenvalue weighted by molar-refractivity contribution is -0.114. The first kappa shape index (κ1) is 19.7. The largest absolute Gasteiger partial charge is 0.456 e. The van der Waals surface area contributed by atoms with Crippen LogP contribution in [0.4, 0.5) is 5.69 Å². The SMILES string of the molecule is CC(=O)Nc1ccccc1C(=O)OCc1cc(=O)n2nc(CC(C)C)sc2n1. The highest BCUT2D eigenvalue weighted by Crippen LogP contribution is 2.18. The summed E-state index contributed by atoms with van der Waals surface area (Å²) < 4.78 is 6.56. The Morgan fingerprint density at radius 3 is 2.75 bits per heavy atom. The maximum atomic E-state index is 12.4. The predicted molar refractivity (Wildman–Crippen MR) is 106 cm³/mol. The number of amides is 1. The normalized spacial score (nSPS) is 11.0. The molecule has 0 radical (unpaired) electrons. The van der Waals surface area contributed by atoms with E-state index >= 15 is 0 Å². The van der Waals surface area contributed by atoms with E-state index in [9.17, 15) is 14.4 Å². The van der Waals surface area contributed by atoms with Crippen molar-refractivity contribution in [2.75, 3.05) is 5.32 Å². The standard InChI is InChI=1S/C19H20N4O4S/c1-11(2)8-16-22-23-17(25)9-13(21-19(23)28-16)10-27-18(26)14-6-4-5-7-15(14)20-12(3)24/h4-7,9,11H,8,10H2,1-3H3,(H,20,24). The predicted octanol–water partition coefficient (Wildman–Crippen LogP) is 2.66. The van der Waals surface area contributed by atoms with Gasteiger partial charge in [-0.05, 0) is 18.1 Å². The molecule has 3 rings (SSSR count). The van der Waals surface area contributed by atoms with E-state index in [1.54, 1.807) is 24.3 Å². The van der Waals surface area contributed by atoms with Gasteiger partial charge in [0.15, 0.2) is 0 Å². The quantitative estimate of drug-likeness (QED) is 0.638. The number of rotatable bonds is 6. The molecular formula is C19H20N4O4S. The first-order valence-electron chi connectivity index (χ1n) is 8.76. The number of hydrogen-bond acceptors (Lipinski definition) is 7. The highest BCUT2D eigenvalue weighted by molar-refractivity contribution is 7.16. The number of fused-ring (bicyclic) bond motifs is 1. The molecule has 8 nitrogen and oxygen atoms in total. The van der Waals surface area contributed by atoms with Crippen LogP contribution in [0.3, 0.4) is 0 Å². The van der Waals surface area contributed by atoms with Crippen LogP contribution in [-0.4, -0.2) is 26.5 Å². The van der Waals surface area contributed by atoms with Gasteiger partial charge in [0.05, 0.1) is 16.9 Å². The van der Waals surface area contributed by atoms with E-state index in [1.165, 1.54) is 28.8 Å². The molecule has 28 heavy (non-hydrogen) atoms. The second-order valence-corrected chi connectivity index (χ2v) is 7.72. The third-order valence-corrected chi connectivity index (χ3v) is 4.66. The Morgan fingerprint density at radius 2 is 2.04 bits per heavy atom. The lowest BCUT2D eigenvalue weighted by Gasteiger charge is -2.09. The lowest BCUT2D eigenvalue weighted by Crippen LogP contribution is -2.17. The zero-order valence-electron chi connectivity index (χ0n) is 15.8. The fourth-order valence-electron chi connectivity index (χ4n) is 2.58. The summed E-state index contributed by atoms with van der Waals surface area (Å²) in [6.45, 7) is 5.35. The van der Waals surface area contributed by atoms with E-state index < -0.39 is 5.97 Å². The van der Waals surface area contributed by atoms with Crippen molar-refractivity contribution in [2.24, 2.45) is 5.92 Å². The van der Waals surface area contributed by atoms with Crippen LogP contribution in [0.25, 0.3) is 4.96 Å². The fourth-order valence-corrected chi connectivity index (χ4v) is 3.71. The summed E-state index contributed by atoms with van der Waals surface area (Å²) in [6.07, 6.45) is 0.762. The second kappa shape index (κ2) is 8.30. The van der Waals surface area contributed by atoms with Gasteiger partial charge in [0.25, 0.3) is 5.56 Å². The molecule has 2 heterocycles. The van der Waals surface area contributed by atoms with Crippen molar-refractivity contribution in [2.45, 2.75) is 33.8 Å². The molecule has 9 heteroatoms. The zero-order chi connectivity index (χ0) is 20.3. The Hall–Kier alpha value is -3.07. The van der Waals surface area contributed by atoms with Crippen LogP contribution in [0, 0.1) is 5.92 Å². The van der Waals surface area contributed by atoms with Gasteiger partial charge in [-0.2, -0.15) is 9.61 Å². The van der Waals surface area contributed by atoms with Gasteiger partial charge in [0.2, 0.25) is 10.9 Å². The summed E-state index contributed by atoms with van der Waals surface area (Å²) in [5.41, 5.74) is 0.618. The van der Waals surface area contributed by atoms with E-state index in [0.29, 0.717) is 22.3 Å². The molecule has 0 saturated carbocycles. The molecule has 0 aliphatic rings. The minimum absolute atomic E-state index is 0.156. The Morgan fingerprint density at radius 1 is 1.29 bits per heavy atom. The first-order chi connectivity index (χ1) is 13.3. The molecule has 0 fully saturated rings. The minimum atomic E-state index is -0.615. The number of nitrogens with zero attached hydrogens (tertiary/aromatic N) is 3. The molecule has 0 aliphatic carbocycles. The number of para-hydroxylation sites is 1. The molecule has 0 aliphatic heterocycles. The van der Waals surface area contributed by atoms with Crippen molar-refractivity contribution in [3.05, 3.63) is 57.0 Å². The van der Waals surface area contributed by atoms with Crippen LogP contribution in [0.15, 0.2) is 35.1 Å². The number of aromatic nitrogens is 3. The monoisotopic (exact) mass is 400 g/mol. The average molecular weight is 400 g/mol. The molecule has 3 aromatic rings. The van der Waals surface area contributed by atoms with Crippen LogP contribution in [0.5, 0.6) is 0 Å². The molecule has 1 amide bonds. The number of nitrogens with one attached hydrogen (secondary N) is 1. The summed E-state index contributed by atoms with van der Waals surface area (Å²) in [7, 11) is 0. The van der Waals surface area contributed by atoms with Gasteiger partial charge >= 0.3 is 5.97 Å². The van der Waals surface area contributed by atoms with Crippen molar-refractivity contribution < 1.29 is 14.3 Å². The van der Waals surface area contributed by atoms with Crippen LogP contribution >= 0.6 is 11.3 Å². The number of anilines is 1. The van der Waals surface area contributed by atoms with Crippen molar-refractivity contribution >= 4 is 33.9 Å². The molecule has 0 unspecified atom stereocenters. The fraction of sp³-hybridized carbons (Fsp3) is 0.316. The summed E-state index contributed by atoms with van der Waals surface area (Å²) >= 11 is 1.35. The van der Waals surface area contributed by atoms with Crippen LogP contribution in [0.1, 0.15) is 41.8 Å². The molecule has 146 valence electrons. The Labute approximate surface area is 165 Å². The van der Waals surface area contributed by atoms with Crippen molar-refractivity contribution in [3.63, 3.8) is 0 Å². The number of ether oxygens (including phenoxy) is 1. The number of benzene rings is 1. The Kier molecular flexibility index (Phi) is 5.84. The summed E-state index contributed by atoms with van der Waals surface area (Å²) in [5.74, 6) is -0.487. The van der Waals surface area contributed by atoms with Gasteiger partial charge in [-0.1, -0.05) is 37.3 Å². The Bertz CT molecular complexity index is 1090. The number of hydrogen-bond donors (Lipinski definition) is 1. The first-order valence-corrected chi connectivity index (χ1v) is 9.57. The van der Waals surface area contributed by atoms with E-state index in [4.69, 9.17) is 4.74 Å². The Balaban J connectivity index is 1.77.